The first-order valence-electron chi connectivity index (χ1n) is 10.5. The number of hydrogen-bond donors (Lipinski definition) is 3. The molecule has 176 valence electrons. The van der Waals surface area contributed by atoms with Crippen LogP contribution in [-0.4, -0.2) is 44.0 Å². The number of fused-ring (bicyclic) bond motifs is 1. The Morgan fingerprint density at radius 1 is 1.03 bits per heavy atom. The predicted octanol–water partition coefficient (Wildman–Crippen LogP) is 4.46. The molecule has 0 unspecified atom stereocenters. The van der Waals surface area contributed by atoms with Crippen molar-refractivity contribution in [1.82, 2.24) is 9.78 Å². The van der Waals surface area contributed by atoms with Crippen LogP contribution in [0.1, 0.15) is 55.9 Å². The average molecular weight is 464 g/mol. The number of hydrogen-bond acceptors (Lipinski definition) is 7. The number of aromatic hydroxyl groups is 2. The molecule has 0 amide bonds. The topological polar surface area (TPSA) is 135 Å². The molecule has 0 bridgehead atoms. The fraction of sp³-hybridized carbons (Fsp3) is 0.240. The zero-order valence-electron chi connectivity index (χ0n) is 19.4. The molecule has 0 aliphatic heterocycles. The van der Waals surface area contributed by atoms with Crippen LogP contribution in [0.2, 0.25) is 0 Å². The second-order valence-electron chi connectivity index (χ2n) is 8.11. The Labute approximate surface area is 194 Å². The van der Waals surface area contributed by atoms with E-state index in [1.807, 2.05) is 0 Å². The van der Waals surface area contributed by atoms with Crippen molar-refractivity contribution in [3.63, 3.8) is 0 Å². The maximum absolute atomic E-state index is 12.3. The Morgan fingerprint density at radius 3 is 2.24 bits per heavy atom. The summed E-state index contributed by atoms with van der Waals surface area (Å²) in [7, 11) is 1.55. The van der Waals surface area contributed by atoms with E-state index in [1.165, 1.54) is 18.5 Å². The highest BCUT2D eigenvalue weighted by atomic mass is 16.5. The highest BCUT2D eigenvalue weighted by Crippen LogP contribution is 2.43. The summed E-state index contributed by atoms with van der Waals surface area (Å²) in [4.78, 5) is 24.4. The van der Waals surface area contributed by atoms with E-state index in [-0.39, 0.29) is 40.2 Å². The smallest absolute Gasteiger partial charge is 0.339 e. The Hall–Kier alpha value is -4.27. The van der Waals surface area contributed by atoms with E-state index in [4.69, 9.17) is 9.15 Å². The number of carboxylic acid groups (broad SMARTS) is 1. The maximum atomic E-state index is 12.3. The first kappa shape index (κ1) is 22.9. The highest BCUT2D eigenvalue weighted by molar-refractivity contribution is 6.10. The van der Waals surface area contributed by atoms with Crippen LogP contribution in [0.15, 0.2) is 28.7 Å². The van der Waals surface area contributed by atoms with Gasteiger partial charge in [-0.25, -0.2) is 9.48 Å². The molecule has 0 spiro atoms. The molecule has 3 N–H and O–H groups in total. The van der Waals surface area contributed by atoms with Gasteiger partial charge in [0.25, 0.3) is 0 Å². The Morgan fingerprint density at radius 2 is 1.68 bits per heavy atom. The van der Waals surface area contributed by atoms with Crippen molar-refractivity contribution in [3.8, 4) is 22.9 Å². The van der Waals surface area contributed by atoms with Crippen LogP contribution in [0.5, 0.6) is 17.2 Å². The molecule has 0 atom stereocenters. The molecule has 9 heteroatoms. The first-order chi connectivity index (χ1) is 16.1. The molecule has 0 saturated carbocycles. The lowest BCUT2D eigenvalue weighted by Gasteiger charge is -2.09. The molecule has 4 aromatic rings. The van der Waals surface area contributed by atoms with Gasteiger partial charge in [-0.3, -0.25) is 4.79 Å². The number of ether oxygens (including phenoxy) is 1. The fourth-order valence-corrected chi connectivity index (χ4v) is 4.22. The van der Waals surface area contributed by atoms with Gasteiger partial charge in [0.05, 0.1) is 29.6 Å². The van der Waals surface area contributed by atoms with E-state index < -0.39 is 11.8 Å². The summed E-state index contributed by atoms with van der Waals surface area (Å²) >= 11 is 0. The summed E-state index contributed by atoms with van der Waals surface area (Å²) in [6.07, 6.45) is 0.0195. The van der Waals surface area contributed by atoms with E-state index >= 15 is 0 Å². The van der Waals surface area contributed by atoms with E-state index in [9.17, 15) is 24.9 Å². The van der Waals surface area contributed by atoms with E-state index in [2.05, 4.69) is 5.10 Å². The molecule has 0 saturated heterocycles. The molecular formula is C25H24N2O7. The second-order valence-corrected chi connectivity index (χ2v) is 8.11. The van der Waals surface area contributed by atoms with Gasteiger partial charge in [0.2, 0.25) is 0 Å². The Balaban J connectivity index is 1.95. The number of aryl methyl sites for hydroxylation is 2. The minimum atomic E-state index is -1.14. The van der Waals surface area contributed by atoms with Gasteiger partial charge in [0.15, 0.2) is 11.4 Å². The number of ketones is 1. The van der Waals surface area contributed by atoms with Crippen molar-refractivity contribution in [2.45, 2.75) is 34.1 Å². The number of benzene rings is 2. The summed E-state index contributed by atoms with van der Waals surface area (Å²) in [6.45, 7) is 6.13. The number of nitrogens with zero attached hydrogens (tertiary/aromatic N) is 2. The van der Waals surface area contributed by atoms with Crippen LogP contribution in [0.4, 0.5) is 0 Å². The number of carboxylic acids is 1. The second kappa shape index (κ2) is 8.26. The van der Waals surface area contributed by atoms with Gasteiger partial charge in [-0.05, 0) is 52.0 Å². The van der Waals surface area contributed by atoms with Gasteiger partial charge >= 0.3 is 5.97 Å². The number of aromatic carboxylic acids is 1. The monoisotopic (exact) mass is 464 g/mol. The number of phenolic OH excluding ortho intramolecular Hbond substituents is 2. The normalized spacial score (nSPS) is 11.2. The molecule has 2 aromatic carbocycles. The van der Waals surface area contributed by atoms with Crippen LogP contribution in [0.3, 0.4) is 0 Å². The van der Waals surface area contributed by atoms with Crippen molar-refractivity contribution < 1.29 is 34.1 Å². The molecule has 0 aliphatic carbocycles. The lowest BCUT2D eigenvalue weighted by Crippen LogP contribution is -2.08. The van der Waals surface area contributed by atoms with Gasteiger partial charge < -0.3 is 24.5 Å². The quantitative estimate of drug-likeness (QED) is 0.356. The Kier molecular flexibility index (Phi) is 5.56. The van der Waals surface area contributed by atoms with Crippen LogP contribution in [0, 0.1) is 20.8 Å². The molecule has 2 aromatic heterocycles. The van der Waals surface area contributed by atoms with E-state index in [1.54, 1.807) is 45.2 Å². The van der Waals surface area contributed by atoms with Gasteiger partial charge in [0.1, 0.15) is 34.1 Å². The minimum absolute atomic E-state index is 0.0195. The van der Waals surface area contributed by atoms with E-state index in [0.717, 1.165) is 0 Å². The predicted molar refractivity (Wildman–Crippen MR) is 124 cm³/mol. The summed E-state index contributed by atoms with van der Waals surface area (Å²) in [6, 6.07) is 7.00. The molecule has 9 nitrogen and oxygen atoms in total. The number of Topliss-reactive ketones (excluding diaryl/α,β-unsaturated/α-hetero) is 1. The van der Waals surface area contributed by atoms with Crippen molar-refractivity contribution in [1.29, 1.82) is 0 Å². The molecule has 34 heavy (non-hydrogen) atoms. The molecule has 0 radical (unpaired) electrons. The summed E-state index contributed by atoms with van der Waals surface area (Å²) in [5.41, 5.74) is 2.08. The van der Waals surface area contributed by atoms with Crippen molar-refractivity contribution in [3.05, 3.63) is 63.7 Å². The Bertz CT molecular complexity index is 1460. The largest absolute Gasteiger partial charge is 0.507 e. The molecule has 0 aliphatic rings. The number of rotatable bonds is 6. The van der Waals surface area contributed by atoms with Crippen molar-refractivity contribution >= 4 is 22.7 Å². The van der Waals surface area contributed by atoms with Gasteiger partial charge in [-0.2, -0.15) is 5.10 Å². The van der Waals surface area contributed by atoms with E-state index in [0.29, 0.717) is 39.5 Å². The number of methoxy groups -OCH3 is 1. The zero-order valence-corrected chi connectivity index (χ0v) is 19.4. The van der Waals surface area contributed by atoms with Crippen molar-refractivity contribution in [2.24, 2.45) is 0 Å². The molecule has 2 heterocycles. The standard InChI is InChI=1S/C25H24N2O7/c1-11-18(34-24-19(11)22(29)12(2)23(30)21(24)14(4)28)10-17-20(25(31)32)13(3)26-27(17)15-6-8-16(33-5)9-7-15/h6-9,29-30H,10H2,1-5H3,(H,31,32). The number of furan rings is 1. The molecule has 0 fully saturated rings. The molecule has 4 rings (SSSR count). The van der Waals surface area contributed by atoms with Crippen LogP contribution in [-0.2, 0) is 6.42 Å². The summed E-state index contributed by atoms with van der Waals surface area (Å²) in [5, 5.41) is 35.8. The number of carbonyl (C=O) groups excluding carboxylic acids is 1. The van der Waals surface area contributed by atoms with Gasteiger partial charge in [-0.15, -0.1) is 0 Å². The summed E-state index contributed by atoms with van der Waals surface area (Å²) in [5.74, 6) is -1.11. The lowest BCUT2D eigenvalue weighted by atomic mass is 9.99. The highest BCUT2D eigenvalue weighted by Gasteiger charge is 2.28. The number of aromatic nitrogens is 2. The average Bonchev–Trinajstić information content (AvgIpc) is 3.28. The van der Waals surface area contributed by atoms with Crippen LogP contribution < -0.4 is 4.74 Å². The SMILES string of the molecule is COc1ccc(-n2nc(C)c(C(=O)O)c2Cc2oc3c(C(C)=O)c(O)c(C)c(O)c3c2C)cc1. The zero-order chi connectivity index (χ0) is 24.9. The van der Waals surface area contributed by atoms with Crippen molar-refractivity contribution in [2.75, 3.05) is 7.11 Å². The minimum Gasteiger partial charge on any atom is -0.507 e. The molecular weight excluding hydrogens is 440 g/mol. The lowest BCUT2D eigenvalue weighted by molar-refractivity contribution is 0.0694. The number of carbonyl (C=O) groups is 2. The van der Waals surface area contributed by atoms with Gasteiger partial charge in [-0.1, -0.05) is 0 Å². The summed E-state index contributed by atoms with van der Waals surface area (Å²) < 4.78 is 12.7. The van der Waals surface area contributed by atoms with Gasteiger partial charge in [0, 0.05) is 17.5 Å². The maximum Gasteiger partial charge on any atom is 0.339 e. The number of phenols is 2. The van der Waals surface area contributed by atoms with Crippen LogP contribution in [0.25, 0.3) is 16.7 Å². The third kappa shape index (κ3) is 3.45. The third-order valence-electron chi connectivity index (χ3n) is 6.02. The first-order valence-corrected chi connectivity index (χ1v) is 10.5. The van der Waals surface area contributed by atoms with Crippen LogP contribution >= 0.6 is 0 Å². The fourth-order valence-electron chi connectivity index (χ4n) is 4.22. The third-order valence-corrected chi connectivity index (χ3v) is 6.02.